The van der Waals surface area contributed by atoms with E-state index in [9.17, 15) is 14.4 Å². The largest absolute Gasteiger partial charge is 0.462 e. The van der Waals surface area contributed by atoms with Crippen LogP contribution in [-0.4, -0.2) is 29.6 Å². The Morgan fingerprint density at radius 3 is 2.58 bits per heavy atom. The van der Waals surface area contributed by atoms with Gasteiger partial charge in [0, 0.05) is 21.9 Å². The van der Waals surface area contributed by atoms with Gasteiger partial charge in [0.1, 0.15) is 5.00 Å². The third kappa shape index (κ3) is 7.55. The summed E-state index contributed by atoms with van der Waals surface area (Å²) in [6, 6.07) is 18.1. The molecule has 2 amide bonds. The summed E-state index contributed by atoms with van der Waals surface area (Å²) >= 11 is 2.96. The number of thioether (sulfide) groups is 1. The van der Waals surface area contributed by atoms with Crippen molar-refractivity contribution in [1.82, 2.24) is 0 Å². The maximum absolute atomic E-state index is 13.5. The summed E-state index contributed by atoms with van der Waals surface area (Å²) in [6.07, 6.45) is 5.49. The molecule has 8 heteroatoms. The topological polar surface area (TPSA) is 84.5 Å². The van der Waals surface area contributed by atoms with Gasteiger partial charge in [-0.1, -0.05) is 56.7 Å². The van der Waals surface area contributed by atoms with Crippen LogP contribution in [0.3, 0.4) is 0 Å². The van der Waals surface area contributed by atoms with Crippen molar-refractivity contribution in [2.75, 3.05) is 17.2 Å². The highest BCUT2D eigenvalue weighted by Gasteiger charge is 2.31. The van der Waals surface area contributed by atoms with Crippen molar-refractivity contribution < 1.29 is 19.1 Å². The minimum absolute atomic E-state index is 0.00329. The van der Waals surface area contributed by atoms with Gasteiger partial charge >= 0.3 is 5.97 Å². The van der Waals surface area contributed by atoms with Crippen LogP contribution in [0.4, 0.5) is 10.7 Å². The van der Waals surface area contributed by atoms with E-state index in [-0.39, 0.29) is 29.6 Å². The molecule has 0 fully saturated rings. The van der Waals surface area contributed by atoms with Crippen LogP contribution >= 0.6 is 23.1 Å². The van der Waals surface area contributed by atoms with E-state index < -0.39 is 0 Å². The van der Waals surface area contributed by atoms with Crippen LogP contribution in [0.1, 0.15) is 85.2 Å². The first-order valence-corrected chi connectivity index (χ1v) is 15.9. The molecule has 0 bridgehead atoms. The Hall–Kier alpha value is -3.10. The molecule has 0 radical (unpaired) electrons. The Kier molecular flexibility index (Phi) is 10.8. The van der Waals surface area contributed by atoms with Gasteiger partial charge in [-0.15, -0.1) is 23.1 Å². The quantitative estimate of drug-likeness (QED) is 0.169. The zero-order valence-electron chi connectivity index (χ0n) is 23.5. The summed E-state index contributed by atoms with van der Waals surface area (Å²) in [5, 5.41) is 6.26. The van der Waals surface area contributed by atoms with Crippen LogP contribution in [0, 0.1) is 0 Å². The number of esters is 1. The Bertz CT molecular complexity index is 1320. The van der Waals surface area contributed by atoms with Crippen molar-refractivity contribution in [3.63, 3.8) is 0 Å². The number of rotatable bonds is 12. The van der Waals surface area contributed by atoms with Crippen LogP contribution < -0.4 is 10.6 Å². The molecular formula is C32H38N2O4S2. The standard InChI is InChI=1S/C32H38N2O4S2/c1-4-7-16-28(35)33-23-14-11-15-24(20-23)39-26(5-2)30(36)34-31-29(32(37)38-6-3)25-18-17-22(19-27(25)40-31)21-12-9-8-10-13-21/h8-15,20,22,26H,4-7,16-19H2,1-3H3,(H,33,35)(H,34,36). The normalized spacial score (nSPS) is 15.1. The van der Waals surface area contributed by atoms with Gasteiger partial charge in [0.25, 0.3) is 0 Å². The van der Waals surface area contributed by atoms with E-state index >= 15 is 0 Å². The number of fused-ring (bicyclic) bond motifs is 1. The number of amides is 2. The molecule has 2 atom stereocenters. The summed E-state index contributed by atoms with van der Waals surface area (Å²) in [6.45, 7) is 6.11. The van der Waals surface area contributed by atoms with E-state index in [2.05, 4.69) is 41.8 Å². The summed E-state index contributed by atoms with van der Waals surface area (Å²) < 4.78 is 5.41. The van der Waals surface area contributed by atoms with Gasteiger partial charge in [0.15, 0.2) is 0 Å². The zero-order chi connectivity index (χ0) is 28.5. The van der Waals surface area contributed by atoms with E-state index in [0.717, 1.165) is 53.1 Å². The Balaban J connectivity index is 1.50. The van der Waals surface area contributed by atoms with Crippen LogP contribution in [0.15, 0.2) is 59.5 Å². The number of ether oxygens (including phenoxy) is 1. The van der Waals surface area contributed by atoms with Gasteiger partial charge in [-0.05, 0) is 74.3 Å². The molecule has 6 nitrogen and oxygen atoms in total. The Morgan fingerprint density at radius 1 is 1.05 bits per heavy atom. The van der Waals surface area contributed by atoms with Crippen LogP contribution in [0.25, 0.3) is 0 Å². The molecule has 1 aliphatic rings. The summed E-state index contributed by atoms with van der Waals surface area (Å²) in [4.78, 5) is 40.8. The smallest absolute Gasteiger partial charge is 0.341 e. The van der Waals surface area contributed by atoms with Crippen LogP contribution in [0.2, 0.25) is 0 Å². The highest BCUT2D eigenvalue weighted by Crippen LogP contribution is 2.43. The maximum Gasteiger partial charge on any atom is 0.341 e. The Labute approximate surface area is 245 Å². The average molecular weight is 579 g/mol. The second-order valence-electron chi connectivity index (χ2n) is 9.96. The molecule has 1 aliphatic carbocycles. The van der Waals surface area contributed by atoms with Gasteiger partial charge in [-0.2, -0.15) is 0 Å². The van der Waals surface area contributed by atoms with E-state index in [1.807, 2.05) is 37.3 Å². The molecule has 1 heterocycles. The number of unbranched alkanes of at least 4 members (excludes halogenated alkanes) is 1. The van der Waals surface area contributed by atoms with E-state index in [4.69, 9.17) is 4.74 Å². The lowest BCUT2D eigenvalue weighted by molar-refractivity contribution is -0.116. The lowest BCUT2D eigenvalue weighted by atomic mass is 9.83. The minimum Gasteiger partial charge on any atom is -0.462 e. The highest BCUT2D eigenvalue weighted by molar-refractivity contribution is 8.00. The van der Waals surface area contributed by atoms with Gasteiger partial charge in [0.05, 0.1) is 17.4 Å². The first-order chi connectivity index (χ1) is 19.4. The van der Waals surface area contributed by atoms with Crippen molar-refractivity contribution in [3.8, 4) is 0 Å². The van der Waals surface area contributed by atoms with Crippen molar-refractivity contribution >= 4 is 51.6 Å². The number of hydrogen-bond acceptors (Lipinski definition) is 6. The molecule has 212 valence electrons. The molecule has 2 N–H and O–H groups in total. The predicted molar refractivity (Wildman–Crippen MR) is 165 cm³/mol. The van der Waals surface area contributed by atoms with E-state index in [1.54, 1.807) is 6.92 Å². The van der Waals surface area contributed by atoms with Crippen LogP contribution in [-0.2, 0) is 27.2 Å². The first kappa shape index (κ1) is 29.9. The molecule has 0 saturated carbocycles. The van der Waals surface area contributed by atoms with Crippen molar-refractivity contribution in [2.45, 2.75) is 81.8 Å². The second kappa shape index (κ2) is 14.5. The maximum atomic E-state index is 13.5. The van der Waals surface area contributed by atoms with Gasteiger partial charge in [-0.3, -0.25) is 9.59 Å². The first-order valence-electron chi connectivity index (χ1n) is 14.2. The number of benzene rings is 2. The molecule has 4 rings (SSSR count). The lowest BCUT2D eigenvalue weighted by Gasteiger charge is -2.23. The summed E-state index contributed by atoms with van der Waals surface area (Å²) in [5.41, 5.74) is 3.55. The van der Waals surface area contributed by atoms with Crippen molar-refractivity contribution in [2.24, 2.45) is 0 Å². The molecule has 2 aromatic carbocycles. The number of hydrogen-bond donors (Lipinski definition) is 2. The van der Waals surface area contributed by atoms with Crippen molar-refractivity contribution in [3.05, 3.63) is 76.2 Å². The van der Waals surface area contributed by atoms with E-state index in [0.29, 0.717) is 29.3 Å². The summed E-state index contributed by atoms with van der Waals surface area (Å²) in [5.74, 6) is -0.134. The SMILES string of the molecule is CCCCC(=O)Nc1cccc(SC(CC)C(=O)Nc2sc3c(c2C(=O)OCC)CCC(c2ccccc2)C3)c1. The third-order valence-corrected chi connectivity index (χ3v) is 9.60. The fourth-order valence-electron chi connectivity index (χ4n) is 4.99. The molecular weight excluding hydrogens is 540 g/mol. The molecule has 1 aromatic heterocycles. The number of thiophene rings is 1. The molecule has 0 saturated heterocycles. The monoisotopic (exact) mass is 578 g/mol. The van der Waals surface area contributed by atoms with Gasteiger partial charge in [-0.25, -0.2) is 4.79 Å². The zero-order valence-corrected chi connectivity index (χ0v) is 25.1. The average Bonchev–Trinajstić information content (AvgIpc) is 3.32. The Morgan fingerprint density at radius 2 is 1.85 bits per heavy atom. The molecule has 0 spiro atoms. The number of carbonyl (C=O) groups excluding carboxylic acids is 3. The van der Waals surface area contributed by atoms with Gasteiger partial charge < -0.3 is 15.4 Å². The molecule has 2 unspecified atom stereocenters. The van der Waals surface area contributed by atoms with Crippen LogP contribution in [0.5, 0.6) is 0 Å². The lowest BCUT2D eigenvalue weighted by Crippen LogP contribution is -2.25. The second-order valence-corrected chi connectivity index (χ2v) is 12.3. The fraction of sp³-hybridized carbons (Fsp3) is 0.406. The fourth-order valence-corrected chi connectivity index (χ4v) is 7.32. The minimum atomic E-state index is -0.374. The third-order valence-electron chi connectivity index (χ3n) is 7.07. The van der Waals surface area contributed by atoms with E-state index in [1.165, 1.54) is 28.7 Å². The molecule has 40 heavy (non-hydrogen) atoms. The summed E-state index contributed by atoms with van der Waals surface area (Å²) in [7, 11) is 0. The number of anilines is 2. The molecule has 0 aliphatic heterocycles. The van der Waals surface area contributed by atoms with Gasteiger partial charge in [0.2, 0.25) is 11.8 Å². The number of nitrogens with one attached hydrogen (secondary N) is 2. The van der Waals surface area contributed by atoms with Crippen molar-refractivity contribution in [1.29, 1.82) is 0 Å². The molecule has 3 aromatic rings. The number of carbonyl (C=O) groups is 3. The highest BCUT2D eigenvalue weighted by atomic mass is 32.2. The predicted octanol–water partition coefficient (Wildman–Crippen LogP) is 7.84.